The molecule has 1 unspecified atom stereocenters. The topological polar surface area (TPSA) is 84.5 Å². The van der Waals surface area contributed by atoms with Crippen molar-refractivity contribution >= 4 is 50.7 Å². The van der Waals surface area contributed by atoms with Crippen LogP contribution in [0.1, 0.15) is 12.5 Å². The van der Waals surface area contributed by atoms with Gasteiger partial charge in [-0.25, -0.2) is 8.42 Å². The zero-order chi connectivity index (χ0) is 25.8. The first-order chi connectivity index (χ1) is 16.4. The van der Waals surface area contributed by atoms with Gasteiger partial charge in [0.15, 0.2) is 0 Å². The van der Waals surface area contributed by atoms with Crippen LogP contribution in [0.15, 0.2) is 76.5 Å². The van der Waals surface area contributed by atoms with Crippen LogP contribution in [0.2, 0.25) is 5.02 Å². The fourth-order valence-corrected chi connectivity index (χ4v) is 5.03. The summed E-state index contributed by atoms with van der Waals surface area (Å²) in [6.07, 6.45) is -4.73. The summed E-state index contributed by atoms with van der Waals surface area (Å²) < 4.78 is 71.6. The van der Waals surface area contributed by atoms with E-state index in [4.69, 9.17) is 16.3 Å². The van der Waals surface area contributed by atoms with E-state index in [1.807, 2.05) is 12.1 Å². The predicted molar refractivity (Wildman–Crippen MR) is 131 cm³/mol. The smallest absolute Gasteiger partial charge is 0.417 e. The summed E-state index contributed by atoms with van der Waals surface area (Å²) in [6.45, 7) is 1.73. The number of benzene rings is 3. The maximum Gasteiger partial charge on any atom is 0.417 e. The lowest BCUT2D eigenvalue weighted by Gasteiger charge is -2.14. The lowest BCUT2D eigenvalue weighted by Crippen LogP contribution is -2.22. The maximum atomic E-state index is 13.0. The van der Waals surface area contributed by atoms with E-state index in [1.165, 1.54) is 36.0 Å². The summed E-state index contributed by atoms with van der Waals surface area (Å²) >= 11 is 6.91. The molecule has 0 aromatic heterocycles. The van der Waals surface area contributed by atoms with Gasteiger partial charge in [0.05, 0.1) is 27.8 Å². The molecule has 0 saturated carbocycles. The second-order valence-electron chi connectivity index (χ2n) is 7.25. The fourth-order valence-electron chi connectivity index (χ4n) is 2.89. The average Bonchev–Trinajstić information content (AvgIpc) is 2.80. The molecule has 6 nitrogen and oxygen atoms in total. The molecule has 186 valence electrons. The summed E-state index contributed by atoms with van der Waals surface area (Å²) in [5.74, 6) is 0.410. The van der Waals surface area contributed by atoms with Crippen molar-refractivity contribution in [2.75, 3.05) is 17.1 Å². The molecule has 1 amide bonds. The molecule has 0 aliphatic rings. The van der Waals surface area contributed by atoms with E-state index < -0.39 is 32.0 Å². The Morgan fingerprint density at radius 1 is 1.00 bits per heavy atom. The van der Waals surface area contributed by atoms with Gasteiger partial charge in [-0.15, -0.1) is 11.8 Å². The normalized spacial score (nSPS) is 12.6. The fraction of sp³-hybridized carbons (Fsp3) is 0.174. The van der Waals surface area contributed by atoms with E-state index in [9.17, 15) is 26.4 Å². The summed E-state index contributed by atoms with van der Waals surface area (Å²) in [4.78, 5) is 13.2. The van der Waals surface area contributed by atoms with Gasteiger partial charge in [-0.2, -0.15) is 13.2 Å². The number of thioether (sulfide) groups is 1. The van der Waals surface area contributed by atoms with Crippen molar-refractivity contribution in [3.8, 4) is 5.75 Å². The highest BCUT2D eigenvalue weighted by atomic mass is 35.5. The number of hydrogen-bond acceptors (Lipinski definition) is 5. The number of carbonyl (C=O) groups excluding carboxylic acids is 1. The molecule has 0 radical (unpaired) electrons. The number of carbonyl (C=O) groups is 1. The van der Waals surface area contributed by atoms with E-state index in [-0.39, 0.29) is 16.5 Å². The van der Waals surface area contributed by atoms with Crippen LogP contribution in [0.25, 0.3) is 0 Å². The molecule has 12 heteroatoms. The van der Waals surface area contributed by atoms with Crippen molar-refractivity contribution in [3.63, 3.8) is 0 Å². The van der Waals surface area contributed by atoms with Crippen LogP contribution in [-0.2, 0) is 21.0 Å². The number of ether oxygens (including phenoxy) is 1. The van der Waals surface area contributed by atoms with E-state index in [0.29, 0.717) is 17.5 Å². The van der Waals surface area contributed by atoms with Crippen molar-refractivity contribution in [1.82, 2.24) is 0 Å². The standard InChI is InChI=1S/C23H20ClF3N2O4S2/c1-14(34-18-8-6-17(33-2)7-9-18)22(30)28-15-3-10-19(11-4-15)35(31,32)29-16-5-12-21(24)20(13-16)23(25,26)27/h3-14,29H,1-2H3,(H,28,30). The zero-order valence-corrected chi connectivity index (χ0v) is 20.8. The van der Waals surface area contributed by atoms with Gasteiger partial charge in [-0.3, -0.25) is 9.52 Å². The van der Waals surface area contributed by atoms with Crippen LogP contribution in [0.3, 0.4) is 0 Å². The number of nitrogens with one attached hydrogen (secondary N) is 2. The van der Waals surface area contributed by atoms with Crippen LogP contribution in [-0.4, -0.2) is 26.7 Å². The average molecular weight is 545 g/mol. The van der Waals surface area contributed by atoms with Crippen molar-refractivity contribution in [2.45, 2.75) is 28.1 Å². The number of anilines is 2. The van der Waals surface area contributed by atoms with Gasteiger partial charge in [0, 0.05) is 16.3 Å². The molecule has 3 rings (SSSR count). The van der Waals surface area contributed by atoms with Gasteiger partial charge in [-0.05, 0) is 73.7 Å². The minimum absolute atomic E-state index is 0.195. The first kappa shape index (κ1) is 26.7. The molecule has 35 heavy (non-hydrogen) atoms. The molecule has 0 saturated heterocycles. The maximum absolute atomic E-state index is 13.0. The van der Waals surface area contributed by atoms with Crippen LogP contribution in [0.5, 0.6) is 5.75 Å². The Balaban J connectivity index is 1.66. The lowest BCUT2D eigenvalue weighted by molar-refractivity contribution is -0.137. The molecular formula is C23H20ClF3N2O4S2. The molecule has 0 bridgehead atoms. The number of halogens is 4. The SMILES string of the molecule is COc1ccc(SC(C)C(=O)Nc2ccc(S(=O)(=O)Nc3ccc(Cl)c(C(F)(F)F)c3)cc2)cc1. The quantitative estimate of drug-likeness (QED) is 0.326. The van der Waals surface area contributed by atoms with Gasteiger partial charge in [0.25, 0.3) is 10.0 Å². The molecule has 0 aliphatic heterocycles. The summed E-state index contributed by atoms with van der Waals surface area (Å²) in [5, 5.41) is 1.72. The van der Waals surface area contributed by atoms with Crippen molar-refractivity contribution in [3.05, 3.63) is 77.3 Å². The van der Waals surface area contributed by atoms with Gasteiger partial charge in [-0.1, -0.05) is 11.6 Å². The molecular weight excluding hydrogens is 525 g/mol. The Kier molecular flexibility index (Phi) is 8.24. The first-order valence-electron chi connectivity index (χ1n) is 10.0. The third-order valence-corrected chi connectivity index (χ3v) is 7.54. The highest BCUT2D eigenvalue weighted by molar-refractivity contribution is 8.00. The van der Waals surface area contributed by atoms with E-state index in [2.05, 4.69) is 10.0 Å². The number of rotatable bonds is 8. The van der Waals surface area contributed by atoms with Crippen molar-refractivity contribution < 1.29 is 31.1 Å². The number of hydrogen-bond donors (Lipinski definition) is 2. The predicted octanol–water partition coefficient (Wildman–Crippen LogP) is 6.29. The van der Waals surface area contributed by atoms with E-state index in [0.717, 1.165) is 17.0 Å². The molecule has 0 spiro atoms. The number of amides is 1. The second kappa shape index (κ2) is 10.8. The first-order valence-corrected chi connectivity index (χ1v) is 12.7. The zero-order valence-electron chi connectivity index (χ0n) is 18.4. The molecule has 3 aromatic carbocycles. The Labute approximate surface area is 209 Å². The Morgan fingerprint density at radius 3 is 2.17 bits per heavy atom. The van der Waals surface area contributed by atoms with Crippen molar-refractivity contribution in [2.24, 2.45) is 0 Å². The monoisotopic (exact) mass is 544 g/mol. The third kappa shape index (κ3) is 7.06. The highest BCUT2D eigenvalue weighted by Gasteiger charge is 2.33. The minimum atomic E-state index is -4.73. The van der Waals surface area contributed by atoms with E-state index in [1.54, 1.807) is 26.2 Å². The number of alkyl halides is 3. The molecule has 2 N–H and O–H groups in total. The second-order valence-corrected chi connectivity index (χ2v) is 10.8. The Hall–Kier alpha value is -2.89. The van der Waals surface area contributed by atoms with Crippen molar-refractivity contribution in [1.29, 1.82) is 0 Å². The van der Waals surface area contributed by atoms with Crippen LogP contribution in [0, 0.1) is 0 Å². The summed E-state index contributed by atoms with van der Waals surface area (Å²) in [6, 6.07) is 15.2. The Morgan fingerprint density at radius 2 is 1.60 bits per heavy atom. The molecule has 0 aliphatic carbocycles. The van der Waals surface area contributed by atoms with Gasteiger partial charge >= 0.3 is 6.18 Å². The van der Waals surface area contributed by atoms with Crippen LogP contribution in [0.4, 0.5) is 24.5 Å². The van der Waals surface area contributed by atoms with Crippen LogP contribution >= 0.6 is 23.4 Å². The molecule has 1 atom stereocenters. The largest absolute Gasteiger partial charge is 0.497 e. The molecule has 0 heterocycles. The number of methoxy groups -OCH3 is 1. The Bertz CT molecular complexity index is 1300. The van der Waals surface area contributed by atoms with Crippen LogP contribution < -0.4 is 14.8 Å². The summed E-state index contributed by atoms with van der Waals surface area (Å²) in [7, 11) is -2.62. The van der Waals surface area contributed by atoms with E-state index >= 15 is 0 Å². The molecule has 3 aromatic rings. The highest BCUT2D eigenvalue weighted by Crippen LogP contribution is 2.36. The lowest BCUT2D eigenvalue weighted by atomic mass is 10.2. The number of sulfonamides is 1. The van der Waals surface area contributed by atoms with Gasteiger partial charge in [0.1, 0.15) is 5.75 Å². The summed E-state index contributed by atoms with van der Waals surface area (Å²) in [5.41, 5.74) is -1.08. The third-order valence-electron chi connectivity index (χ3n) is 4.70. The minimum Gasteiger partial charge on any atom is -0.497 e. The van der Waals surface area contributed by atoms with Gasteiger partial charge in [0.2, 0.25) is 5.91 Å². The van der Waals surface area contributed by atoms with Gasteiger partial charge < -0.3 is 10.1 Å². The molecule has 0 fully saturated rings.